The van der Waals surface area contributed by atoms with Gasteiger partial charge in [0.25, 0.3) is 0 Å². The normalized spacial score (nSPS) is 13.2. The van der Waals surface area contributed by atoms with Crippen LogP contribution in [0.1, 0.15) is 19.8 Å². The molecule has 12 heavy (non-hydrogen) atoms. The van der Waals surface area contributed by atoms with Crippen LogP contribution in [0.25, 0.3) is 0 Å². The maximum atomic E-state index is 9.43. The van der Waals surface area contributed by atoms with Crippen molar-refractivity contribution in [1.29, 1.82) is 0 Å². The van der Waals surface area contributed by atoms with Crippen molar-refractivity contribution in [1.82, 2.24) is 0 Å². The summed E-state index contributed by atoms with van der Waals surface area (Å²) in [5.74, 6) is 0.824. The average Bonchev–Trinajstić information content (AvgIpc) is 2.53. The lowest BCUT2D eigenvalue weighted by atomic mass is 10.2. The largest absolute Gasteiger partial charge is 0.392 e. The van der Waals surface area contributed by atoms with E-state index >= 15 is 0 Å². The minimum atomic E-state index is -0.139. The van der Waals surface area contributed by atoms with Crippen molar-refractivity contribution < 1.29 is 5.11 Å². The Morgan fingerprint density at radius 1 is 1.67 bits per heavy atom. The third-order valence-corrected chi connectivity index (χ3v) is 3.53. The zero-order valence-electron chi connectivity index (χ0n) is 7.19. The highest BCUT2D eigenvalue weighted by Crippen LogP contribution is 2.22. The lowest BCUT2D eigenvalue weighted by Crippen LogP contribution is -2.08. The molecular formula is C9H14OS2. The molecule has 1 aromatic heterocycles. The summed E-state index contributed by atoms with van der Waals surface area (Å²) in [4.78, 5) is 1.27. The van der Waals surface area contributed by atoms with Gasteiger partial charge in [-0.2, -0.15) is 11.3 Å². The Balaban J connectivity index is 2.17. The van der Waals surface area contributed by atoms with Gasteiger partial charge in [-0.05, 0) is 17.9 Å². The van der Waals surface area contributed by atoms with Gasteiger partial charge in [0.15, 0.2) is 0 Å². The molecule has 0 radical (unpaired) electrons. The van der Waals surface area contributed by atoms with Crippen molar-refractivity contribution in [3.8, 4) is 0 Å². The van der Waals surface area contributed by atoms with Crippen LogP contribution in [-0.2, 0) is 0 Å². The molecule has 1 rings (SSSR count). The molecule has 0 aliphatic heterocycles. The molecule has 0 fully saturated rings. The van der Waals surface area contributed by atoms with Crippen molar-refractivity contribution in [3.63, 3.8) is 0 Å². The van der Waals surface area contributed by atoms with Crippen molar-refractivity contribution >= 4 is 23.1 Å². The van der Waals surface area contributed by atoms with E-state index in [1.807, 2.05) is 0 Å². The predicted molar refractivity (Wildman–Crippen MR) is 56.0 cm³/mol. The second kappa shape index (κ2) is 5.62. The van der Waals surface area contributed by atoms with Crippen molar-refractivity contribution in [2.75, 3.05) is 5.75 Å². The SMILES string of the molecule is CCCC(O)CSc1ccsc1. The lowest BCUT2D eigenvalue weighted by molar-refractivity contribution is 0.188. The fraction of sp³-hybridized carbons (Fsp3) is 0.556. The second-order valence-electron chi connectivity index (χ2n) is 2.71. The van der Waals surface area contributed by atoms with Crippen LogP contribution in [0.3, 0.4) is 0 Å². The third kappa shape index (κ3) is 3.61. The van der Waals surface area contributed by atoms with E-state index in [2.05, 4.69) is 23.8 Å². The molecule has 1 unspecified atom stereocenters. The maximum absolute atomic E-state index is 9.43. The van der Waals surface area contributed by atoms with Crippen LogP contribution >= 0.6 is 23.1 Å². The van der Waals surface area contributed by atoms with Crippen LogP contribution < -0.4 is 0 Å². The molecule has 68 valence electrons. The summed E-state index contributed by atoms with van der Waals surface area (Å²) in [6, 6.07) is 2.09. The molecule has 1 atom stereocenters. The highest BCUT2D eigenvalue weighted by molar-refractivity contribution is 7.99. The predicted octanol–water partition coefficient (Wildman–Crippen LogP) is 3.00. The van der Waals surface area contributed by atoms with Gasteiger partial charge in [-0.25, -0.2) is 0 Å². The standard InChI is InChI=1S/C9H14OS2/c1-2-3-8(10)6-12-9-4-5-11-7-9/h4-5,7-8,10H,2-3,6H2,1H3. The molecule has 1 nitrogen and oxygen atoms in total. The monoisotopic (exact) mass is 202 g/mol. The van der Waals surface area contributed by atoms with Crippen LogP contribution in [0, 0.1) is 0 Å². The molecule has 1 aromatic rings. The van der Waals surface area contributed by atoms with E-state index in [-0.39, 0.29) is 6.10 Å². The van der Waals surface area contributed by atoms with Crippen molar-refractivity contribution in [3.05, 3.63) is 16.8 Å². The first-order chi connectivity index (χ1) is 5.83. The van der Waals surface area contributed by atoms with E-state index in [0.717, 1.165) is 18.6 Å². The Kier molecular flexibility index (Phi) is 4.73. The Morgan fingerprint density at radius 2 is 2.50 bits per heavy atom. The van der Waals surface area contributed by atoms with Crippen LogP contribution in [0.5, 0.6) is 0 Å². The molecule has 0 aliphatic carbocycles. The van der Waals surface area contributed by atoms with E-state index < -0.39 is 0 Å². The Hall–Kier alpha value is 0.01000. The minimum absolute atomic E-state index is 0.139. The van der Waals surface area contributed by atoms with Gasteiger partial charge in [-0.15, -0.1) is 11.8 Å². The van der Waals surface area contributed by atoms with Gasteiger partial charge in [0.2, 0.25) is 0 Å². The van der Waals surface area contributed by atoms with Crippen LogP contribution in [-0.4, -0.2) is 17.0 Å². The number of aliphatic hydroxyl groups is 1. The summed E-state index contributed by atoms with van der Waals surface area (Å²) in [5, 5.41) is 13.6. The maximum Gasteiger partial charge on any atom is 0.0634 e. The summed E-state index contributed by atoms with van der Waals surface area (Å²) >= 11 is 3.44. The third-order valence-electron chi connectivity index (χ3n) is 1.56. The van der Waals surface area contributed by atoms with Crippen LogP contribution in [0.15, 0.2) is 21.7 Å². The molecule has 0 aliphatic rings. The molecule has 0 amide bonds. The smallest absolute Gasteiger partial charge is 0.0634 e. The fourth-order valence-electron chi connectivity index (χ4n) is 0.943. The molecule has 0 bridgehead atoms. The topological polar surface area (TPSA) is 20.2 Å². The molecule has 0 saturated carbocycles. The van der Waals surface area contributed by atoms with Gasteiger partial charge in [-0.1, -0.05) is 13.3 Å². The number of aliphatic hydroxyl groups excluding tert-OH is 1. The summed E-state index contributed by atoms with van der Waals surface area (Å²) < 4.78 is 0. The lowest BCUT2D eigenvalue weighted by Gasteiger charge is -2.06. The minimum Gasteiger partial charge on any atom is -0.392 e. The zero-order chi connectivity index (χ0) is 8.81. The second-order valence-corrected chi connectivity index (χ2v) is 4.59. The Bertz CT molecular complexity index is 196. The van der Waals surface area contributed by atoms with Gasteiger partial charge < -0.3 is 5.11 Å². The first kappa shape index (κ1) is 10.1. The van der Waals surface area contributed by atoms with E-state index in [9.17, 15) is 5.11 Å². The summed E-state index contributed by atoms with van der Waals surface area (Å²) in [7, 11) is 0. The highest BCUT2D eigenvalue weighted by atomic mass is 32.2. The Labute approximate surface area is 81.8 Å². The molecule has 1 N–H and O–H groups in total. The van der Waals surface area contributed by atoms with E-state index in [1.165, 1.54) is 4.90 Å². The van der Waals surface area contributed by atoms with Crippen molar-refractivity contribution in [2.45, 2.75) is 30.8 Å². The fourth-order valence-corrected chi connectivity index (χ4v) is 2.70. The average molecular weight is 202 g/mol. The Morgan fingerprint density at radius 3 is 3.08 bits per heavy atom. The van der Waals surface area contributed by atoms with Gasteiger partial charge in [0.1, 0.15) is 0 Å². The van der Waals surface area contributed by atoms with Crippen molar-refractivity contribution in [2.24, 2.45) is 0 Å². The number of rotatable bonds is 5. The number of hydrogen-bond acceptors (Lipinski definition) is 3. The van der Waals surface area contributed by atoms with E-state index in [4.69, 9.17) is 0 Å². The summed E-state index contributed by atoms with van der Waals surface area (Å²) in [6.07, 6.45) is 1.84. The highest BCUT2D eigenvalue weighted by Gasteiger charge is 2.03. The van der Waals surface area contributed by atoms with Crippen LogP contribution in [0.4, 0.5) is 0 Å². The number of hydrogen-bond donors (Lipinski definition) is 1. The van der Waals surface area contributed by atoms with E-state index in [0.29, 0.717) is 0 Å². The molecule has 0 saturated heterocycles. The number of thioether (sulfide) groups is 1. The zero-order valence-corrected chi connectivity index (χ0v) is 8.83. The molecule has 1 heterocycles. The first-order valence-corrected chi connectivity index (χ1v) is 6.09. The summed E-state index contributed by atoms with van der Waals surface area (Å²) in [5.41, 5.74) is 0. The molecule has 0 aromatic carbocycles. The molecular weight excluding hydrogens is 188 g/mol. The van der Waals surface area contributed by atoms with Gasteiger partial charge in [-0.3, -0.25) is 0 Å². The molecule has 3 heteroatoms. The first-order valence-electron chi connectivity index (χ1n) is 4.16. The van der Waals surface area contributed by atoms with Gasteiger partial charge in [0, 0.05) is 16.0 Å². The summed E-state index contributed by atoms with van der Waals surface area (Å²) in [6.45, 7) is 2.10. The number of thiophene rings is 1. The van der Waals surface area contributed by atoms with Crippen LogP contribution in [0.2, 0.25) is 0 Å². The van der Waals surface area contributed by atoms with Gasteiger partial charge >= 0.3 is 0 Å². The van der Waals surface area contributed by atoms with E-state index in [1.54, 1.807) is 23.1 Å². The molecule has 0 spiro atoms. The van der Waals surface area contributed by atoms with Gasteiger partial charge in [0.05, 0.1) is 6.10 Å². The quantitative estimate of drug-likeness (QED) is 0.741.